The Morgan fingerprint density at radius 1 is 1.59 bits per heavy atom. The molecule has 1 aromatic carbocycles. The average Bonchev–Trinajstić information content (AvgIpc) is 2.29. The lowest BCUT2D eigenvalue weighted by Gasteiger charge is -2.06. The molecule has 1 rings (SSSR count). The maximum atomic E-state index is 10.9. The minimum absolute atomic E-state index is 0.0730. The van der Waals surface area contributed by atoms with Gasteiger partial charge in [0.15, 0.2) is 0 Å². The van der Waals surface area contributed by atoms with Gasteiger partial charge in [0, 0.05) is 11.6 Å². The highest BCUT2D eigenvalue weighted by molar-refractivity contribution is 6.50. The zero-order valence-electron chi connectivity index (χ0n) is 9.53. The highest BCUT2D eigenvalue weighted by Crippen LogP contribution is 2.34. The third-order valence-electron chi connectivity index (χ3n) is 2.42. The molecule has 0 N–H and O–H groups in total. The van der Waals surface area contributed by atoms with Gasteiger partial charge in [0.05, 0.1) is 21.6 Å². The van der Waals surface area contributed by atoms with E-state index in [1.807, 2.05) is 6.07 Å². The predicted molar refractivity (Wildman–Crippen MR) is 66.5 cm³/mol. The van der Waals surface area contributed by atoms with Crippen LogP contribution in [0.1, 0.15) is 24.5 Å². The molecule has 0 spiro atoms. The summed E-state index contributed by atoms with van der Waals surface area (Å²) in [5.41, 5.74) is 1.29. The molecule has 0 saturated carbocycles. The van der Waals surface area contributed by atoms with Crippen molar-refractivity contribution >= 4 is 22.3 Å². The molecule has 1 aromatic rings. The Kier molecular flexibility index (Phi) is 4.24. The molecular weight excluding hydrogens is 240 g/mol. The number of hydrogen-bond donors (Lipinski definition) is 0. The molecule has 0 saturated heterocycles. The molecule has 0 heterocycles. The lowest BCUT2D eigenvalue weighted by atomic mass is 10.0. The minimum atomic E-state index is -0.491. The van der Waals surface area contributed by atoms with Crippen molar-refractivity contribution in [2.75, 3.05) is 0 Å². The normalized spacial score (nSPS) is 11.6. The fourth-order valence-electron chi connectivity index (χ4n) is 1.52. The Bertz CT molecular complexity index is 530. The van der Waals surface area contributed by atoms with Crippen LogP contribution < -0.4 is 0 Å². The van der Waals surface area contributed by atoms with Gasteiger partial charge in [0.25, 0.3) is 5.69 Å². The summed E-state index contributed by atoms with van der Waals surface area (Å²) in [7, 11) is 0. The highest BCUT2D eigenvalue weighted by atomic mass is 35.5. The Hall–Kier alpha value is -1.86. The maximum absolute atomic E-state index is 10.9. The largest absolute Gasteiger partial charge is 0.278 e. The second-order valence-electron chi connectivity index (χ2n) is 3.48. The molecule has 0 amide bonds. The van der Waals surface area contributed by atoms with Crippen LogP contribution in [0.4, 0.5) is 5.69 Å². The van der Waals surface area contributed by atoms with Gasteiger partial charge in [-0.2, -0.15) is 5.26 Å². The number of aryl methyl sites for hydroxylation is 1. The standard InChI is InChI=1S/C12H11ClN2O2/c1-3-9(7-14)12(13)11-8(2)5-4-6-10(11)15(16)17/h4-6H,3H2,1-2H3. The SMILES string of the molecule is CCC(C#N)=C(Cl)c1c(C)cccc1[N+](=O)[O-]. The Balaban J connectivity index is 3.56. The summed E-state index contributed by atoms with van der Waals surface area (Å²) in [6.07, 6.45) is 0.445. The first-order valence-corrected chi connectivity index (χ1v) is 5.43. The summed E-state index contributed by atoms with van der Waals surface area (Å²) < 4.78 is 0. The molecule has 0 fully saturated rings. The van der Waals surface area contributed by atoms with Crippen molar-refractivity contribution in [3.63, 3.8) is 0 Å². The summed E-state index contributed by atoms with van der Waals surface area (Å²) in [6.45, 7) is 3.51. The van der Waals surface area contributed by atoms with Gasteiger partial charge in [-0.25, -0.2) is 0 Å². The van der Waals surface area contributed by atoms with Crippen molar-refractivity contribution in [3.05, 3.63) is 45.0 Å². The summed E-state index contributed by atoms with van der Waals surface area (Å²) in [6, 6.07) is 6.68. The zero-order chi connectivity index (χ0) is 13.0. The van der Waals surface area contributed by atoms with Crippen molar-refractivity contribution < 1.29 is 4.92 Å². The van der Waals surface area contributed by atoms with E-state index in [1.165, 1.54) is 6.07 Å². The molecular formula is C12H11ClN2O2. The van der Waals surface area contributed by atoms with Gasteiger partial charge in [-0.05, 0) is 18.9 Å². The fraction of sp³-hybridized carbons (Fsp3) is 0.250. The summed E-state index contributed by atoms with van der Waals surface area (Å²) in [4.78, 5) is 10.4. The predicted octanol–water partition coefficient (Wildman–Crippen LogP) is 3.79. The molecule has 17 heavy (non-hydrogen) atoms. The summed E-state index contributed by atoms with van der Waals surface area (Å²) in [5.74, 6) is 0. The minimum Gasteiger partial charge on any atom is -0.258 e. The summed E-state index contributed by atoms with van der Waals surface area (Å²) >= 11 is 6.08. The van der Waals surface area contributed by atoms with E-state index in [4.69, 9.17) is 16.9 Å². The van der Waals surface area contributed by atoms with Gasteiger partial charge in [-0.15, -0.1) is 0 Å². The number of rotatable bonds is 3. The first kappa shape index (κ1) is 13.2. The van der Waals surface area contributed by atoms with Gasteiger partial charge in [-0.1, -0.05) is 30.7 Å². The topological polar surface area (TPSA) is 66.9 Å². The van der Waals surface area contributed by atoms with Crippen molar-refractivity contribution in [1.82, 2.24) is 0 Å². The van der Waals surface area contributed by atoms with Gasteiger partial charge < -0.3 is 0 Å². The Morgan fingerprint density at radius 2 is 2.24 bits per heavy atom. The van der Waals surface area contributed by atoms with Crippen LogP contribution in [0, 0.1) is 28.4 Å². The third-order valence-corrected chi connectivity index (χ3v) is 2.84. The van der Waals surface area contributed by atoms with E-state index in [1.54, 1.807) is 26.0 Å². The monoisotopic (exact) mass is 250 g/mol. The molecule has 5 heteroatoms. The Labute approximate surface area is 104 Å². The van der Waals surface area contributed by atoms with Crippen LogP contribution in [0.5, 0.6) is 0 Å². The molecule has 0 aliphatic heterocycles. The van der Waals surface area contributed by atoms with Crippen LogP contribution in [0.25, 0.3) is 5.03 Å². The fourth-order valence-corrected chi connectivity index (χ4v) is 1.95. The van der Waals surface area contributed by atoms with E-state index in [2.05, 4.69) is 0 Å². The molecule has 0 aliphatic rings. The van der Waals surface area contributed by atoms with Crippen molar-refractivity contribution in [2.45, 2.75) is 20.3 Å². The van der Waals surface area contributed by atoms with Crippen LogP contribution in [-0.2, 0) is 0 Å². The van der Waals surface area contributed by atoms with Crippen LogP contribution in [0.2, 0.25) is 0 Å². The van der Waals surface area contributed by atoms with Crippen LogP contribution in [-0.4, -0.2) is 4.92 Å². The van der Waals surface area contributed by atoms with E-state index in [9.17, 15) is 10.1 Å². The molecule has 0 atom stereocenters. The summed E-state index contributed by atoms with van der Waals surface area (Å²) in [5, 5.41) is 20.0. The highest BCUT2D eigenvalue weighted by Gasteiger charge is 2.20. The quantitative estimate of drug-likeness (QED) is 0.466. The van der Waals surface area contributed by atoms with Gasteiger partial charge in [0.1, 0.15) is 0 Å². The molecule has 88 valence electrons. The Morgan fingerprint density at radius 3 is 2.71 bits per heavy atom. The molecule has 0 radical (unpaired) electrons. The van der Waals surface area contributed by atoms with E-state index < -0.39 is 4.92 Å². The van der Waals surface area contributed by atoms with Crippen LogP contribution in [0.15, 0.2) is 23.8 Å². The lowest BCUT2D eigenvalue weighted by molar-refractivity contribution is -0.385. The van der Waals surface area contributed by atoms with E-state index in [-0.39, 0.29) is 10.7 Å². The molecule has 4 nitrogen and oxygen atoms in total. The zero-order valence-corrected chi connectivity index (χ0v) is 10.3. The first-order valence-electron chi connectivity index (χ1n) is 5.06. The molecule has 0 unspecified atom stereocenters. The molecule has 0 aliphatic carbocycles. The number of halogens is 1. The third kappa shape index (κ3) is 2.63. The van der Waals surface area contributed by atoms with E-state index in [0.717, 1.165) is 0 Å². The number of allylic oxidation sites excluding steroid dienone is 1. The molecule has 0 bridgehead atoms. The first-order chi connectivity index (χ1) is 8.02. The van der Waals surface area contributed by atoms with Crippen molar-refractivity contribution in [3.8, 4) is 6.07 Å². The van der Waals surface area contributed by atoms with Crippen molar-refractivity contribution in [1.29, 1.82) is 5.26 Å². The number of nitrogens with zero attached hydrogens (tertiary/aromatic N) is 2. The lowest BCUT2D eigenvalue weighted by Crippen LogP contribution is -1.97. The maximum Gasteiger partial charge on any atom is 0.278 e. The number of nitriles is 1. The van der Waals surface area contributed by atoms with Crippen LogP contribution >= 0.6 is 11.6 Å². The van der Waals surface area contributed by atoms with Gasteiger partial charge in [-0.3, -0.25) is 10.1 Å². The number of nitro benzene ring substituents is 1. The van der Waals surface area contributed by atoms with Gasteiger partial charge in [0.2, 0.25) is 0 Å². The van der Waals surface area contributed by atoms with Crippen LogP contribution in [0.3, 0.4) is 0 Å². The van der Waals surface area contributed by atoms with E-state index >= 15 is 0 Å². The molecule has 0 aromatic heterocycles. The van der Waals surface area contributed by atoms with Gasteiger partial charge >= 0.3 is 0 Å². The smallest absolute Gasteiger partial charge is 0.258 e. The number of nitro groups is 1. The number of hydrogen-bond acceptors (Lipinski definition) is 3. The number of benzene rings is 1. The van der Waals surface area contributed by atoms with Crippen molar-refractivity contribution in [2.24, 2.45) is 0 Å². The second-order valence-corrected chi connectivity index (χ2v) is 3.86. The average molecular weight is 251 g/mol. The second kappa shape index (κ2) is 5.46. The van der Waals surface area contributed by atoms with E-state index in [0.29, 0.717) is 23.1 Å².